The lowest BCUT2D eigenvalue weighted by Crippen LogP contribution is -2.17. The quantitative estimate of drug-likeness (QED) is 0.868. The summed E-state index contributed by atoms with van der Waals surface area (Å²) < 4.78 is 0.719. The highest BCUT2D eigenvalue weighted by atomic mass is 79.9. The molecular formula is C12H13BrN6O. The number of aromatic nitrogens is 4. The summed E-state index contributed by atoms with van der Waals surface area (Å²) in [6.07, 6.45) is 5.46. The standard InChI is InChI=1S/C12H13BrN6O/c1-2-3-14-10-9(6-8(13)7-16-10)11(20)18-12-15-4-5-17-19-12/h4-7H,2-3H2,1H3,(H,14,16)(H,15,18,19,20). The van der Waals surface area contributed by atoms with Crippen LogP contribution in [-0.4, -0.2) is 32.6 Å². The molecule has 0 aliphatic carbocycles. The largest absolute Gasteiger partial charge is 0.369 e. The minimum atomic E-state index is -0.342. The predicted molar refractivity (Wildman–Crippen MR) is 78.5 cm³/mol. The average molecular weight is 337 g/mol. The summed E-state index contributed by atoms with van der Waals surface area (Å²) in [6.45, 7) is 2.77. The first-order valence-electron chi connectivity index (χ1n) is 6.05. The molecule has 0 radical (unpaired) electrons. The van der Waals surface area contributed by atoms with Gasteiger partial charge in [-0.15, -0.1) is 5.10 Å². The molecule has 2 heterocycles. The Morgan fingerprint density at radius 3 is 2.90 bits per heavy atom. The maximum atomic E-state index is 12.2. The highest BCUT2D eigenvalue weighted by Gasteiger charge is 2.14. The number of anilines is 2. The van der Waals surface area contributed by atoms with Crippen LogP contribution in [0, 0.1) is 0 Å². The van der Waals surface area contributed by atoms with Gasteiger partial charge in [-0.1, -0.05) is 6.92 Å². The molecule has 8 heteroatoms. The molecule has 0 aliphatic rings. The van der Waals surface area contributed by atoms with E-state index in [1.165, 1.54) is 12.4 Å². The number of carbonyl (C=O) groups is 1. The Bertz CT molecular complexity index is 592. The van der Waals surface area contributed by atoms with Crippen molar-refractivity contribution in [3.05, 3.63) is 34.7 Å². The van der Waals surface area contributed by atoms with Crippen LogP contribution in [0.5, 0.6) is 0 Å². The third-order valence-corrected chi connectivity index (χ3v) is 2.78. The van der Waals surface area contributed by atoms with Crippen LogP contribution in [0.1, 0.15) is 23.7 Å². The number of hydrogen-bond acceptors (Lipinski definition) is 6. The molecule has 0 fully saturated rings. The lowest BCUT2D eigenvalue weighted by Gasteiger charge is -2.10. The van der Waals surface area contributed by atoms with Gasteiger partial charge in [-0.3, -0.25) is 10.1 Å². The van der Waals surface area contributed by atoms with Crippen molar-refractivity contribution in [2.75, 3.05) is 17.2 Å². The number of amides is 1. The van der Waals surface area contributed by atoms with E-state index in [0.717, 1.165) is 17.4 Å². The van der Waals surface area contributed by atoms with Gasteiger partial charge in [-0.25, -0.2) is 9.97 Å². The van der Waals surface area contributed by atoms with E-state index >= 15 is 0 Å². The molecular weight excluding hydrogens is 324 g/mol. The lowest BCUT2D eigenvalue weighted by molar-refractivity contribution is 0.102. The second kappa shape index (κ2) is 6.90. The van der Waals surface area contributed by atoms with E-state index in [4.69, 9.17) is 0 Å². The molecule has 0 saturated heterocycles. The zero-order chi connectivity index (χ0) is 14.4. The molecule has 2 aromatic heterocycles. The fourth-order valence-corrected chi connectivity index (χ4v) is 1.80. The Morgan fingerprint density at radius 1 is 1.35 bits per heavy atom. The third-order valence-electron chi connectivity index (χ3n) is 2.35. The van der Waals surface area contributed by atoms with Gasteiger partial charge in [0.05, 0.1) is 18.0 Å². The number of halogens is 1. The number of pyridine rings is 1. The molecule has 0 atom stereocenters. The zero-order valence-electron chi connectivity index (χ0n) is 10.8. The normalized spacial score (nSPS) is 10.1. The van der Waals surface area contributed by atoms with Crippen molar-refractivity contribution in [3.63, 3.8) is 0 Å². The van der Waals surface area contributed by atoms with Crippen molar-refractivity contribution in [3.8, 4) is 0 Å². The van der Waals surface area contributed by atoms with Crippen LogP contribution in [0.25, 0.3) is 0 Å². The van der Waals surface area contributed by atoms with E-state index in [1.807, 2.05) is 6.92 Å². The third kappa shape index (κ3) is 3.70. The molecule has 0 aliphatic heterocycles. The van der Waals surface area contributed by atoms with Crippen LogP contribution >= 0.6 is 15.9 Å². The van der Waals surface area contributed by atoms with E-state index in [2.05, 4.69) is 46.7 Å². The van der Waals surface area contributed by atoms with Crippen molar-refractivity contribution < 1.29 is 4.79 Å². The number of hydrogen-bond donors (Lipinski definition) is 2. The molecule has 2 rings (SSSR count). The van der Waals surface area contributed by atoms with Crippen LogP contribution in [0.15, 0.2) is 29.1 Å². The average Bonchev–Trinajstić information content (AvgIpc) is 2.47. The summed E-state index contributed by atoms with van der Waals surface area (Å²) in [5.74, 6) is 0.334. The minimum absolute atomic E-state index is 0.152. The first-order chi connectivity index (χ1) is 9.70. The van der Waals surface area contributed by atoms with E-state index in [9.17, 15) is 4.79 Å². The second-order valence-corrected chi connectivity index (χ2v) is 4.81. The predicted octanol–water partition coefficient (Wildman–Crippen LogP) is 2.10. The van der Waals surface area contributed by atoms with Crippen molar-refractivity contribution in [1.82, 2.24) is 20.2 Å². The van der Waals surface area contributed by atoms with Crippen molar-refractivity contribution in [2.24, 2.45) is 0 Å². The summed E-state index contributed by atoms with van der Waals surface area (Å²) in [7, 11) is 0. The summed E-state index contributed by atoms with van der Waals surface area (Å²) >= 11 is 3.30. The van der Waals surface area contributed by atoms with Gasteiger partial charge < -0.3 is 5.32 Å². The van der Waals surface area contributed by atoms with Gasteiger partial charge >= 0.3 is 0 Å². The van der Waals surface area contributed by atoms with Crippen LogP contribution in [0.2, 0.25) is 0 Å². The van der Waals surface area contributed by atoms with Gasteiger partial charge in [0.25, 0.3) is 5.91 Å². The zero-order valence-corrected chi connectivity index (χ0v) is 12.4. The first-order valence-corrected chi connectivity index (χ1v) is 6.84. The van der Waals surface area contributed by atoms with Crippen molar-refractivity contribution in [1.29, 1.82) is 0 Å². The van der Waals surface area contributed by atoms with E-state index in [-0.39, 0.29) is 11.9 Å². The SMILES string of the molecule is CCCNc1ncc(Br)cc1C(=O)Nc1nccnn1. The lowest BCUT2D eigenvalue weighted by atomic mass is 10.2. The number of nitrogens with zero attached hydrogens (tertiary/aromatic N) is 4. The molecule has 104 valence electrons. The molecule has 7 nitrogen and oxygen atoms in total. The first kappa shape index (κ1) is 14.3. The molecule has 2 N–H and O–H groups in total. The fourth-order valence-electron chi connectivity index (χ4n) is 1.47. The van der Waals surface area contributed by atoms with Gasteiger partial charge in [-0.05, 0) is 28.4 Å². The number of carbonyl (C=O) groups excluding carboxylic acids is 1. The number of nitrogens with one attached hydrogen (secondary N) is 2. The van der Waals surface area contributed by atoms with Crippen molar-refractivity contribution >= 4 is 33.6 Å². The summed E-state index contributed by atoms with van der Waals surface area (Å²) in [5.41, 5.74) is 0.417. The van der Waals surface area contributed by atoms with Gasteiger partial charge in [0, 0.05) is 17.2 Å². The Balaban J connectivity index is 2.21. The Morgan fingerprint density at radius 2 is 2.20 bits per heavy atom. The summed E-state index contributed by atoms with van der Waals surface area (Å²) in [4.78, 5) is 20.3. The van der Waals surface area contributed by atoms with Crippen LogP contribution in [0.3, 0.4) is 0 Å². The highest BCUT2D eigenvalue weighted by molar-refractivity contribution is 9.10. The molecule has 0 unspecified atom stereocenters. The molecule has 0 saturated carbocycles. The van der Waals surface area contributed by atoms with Gasteiger partial charge in [0.1, 0.15) is 5.82 Å². The minimum Gasteiger partial charge on any atom is -0.369 e. The van der Waals surface area contributed by atoms with E-state index < -0.39 is 0 Å². The Labute approximate surface area is 124 Å². The van der Waals surface area contributed by atoms with E-state index in [1.54, 1.807) is 12.3 Å². The van der Waals surface area contributed by atoms with Crippen LogP contribution in [0.4, 0.5) is 11.8 Å². The topological polar surface area (TPSA) is 92.7 Å². The maximum Gasteiger partial charge on any atom is 0.261 e. The molecule has 1 amide bonds. The molecule has 0 aromatic carbocycles. The Kier molecular flexibility index (Phi) is 4.94. The summed E-state index contributed by atoms with van der Waals surface area (Å²) in [6, 6.07) is 1.69. The summed E-state index contributed by atoms with van der Waals surface area (Å²) in [5, 5.41) is 13.1. The molecule has 20 heavy (non-hydrogen) atoms. The smallest absolute Gasteiger partial charge is 0.261 e. The molecule has 0 spiro atoms. The monoisotopic (exact) mass is 336 g/mol. The fraction of sp³-hybridized carbons (Fsp3) is 0.250. The van der Waals surface area contributed by atoms with Crippen molar-refractivity contribution in [2.45, 2.75) is 13.3 Å². The highest BCUT2D eigenvalue weighted by Crippen LogP contribution is 2.19. The van der Waals surface area contributed by atoms with Gasteiger partial charge in [-0.2, -0.15) is 5.10 Å². The second-order valence-electron chi connectivity index (χ2n) is 3.90. The van der Waals surface area contributed by atoms with Crippen LogP contribution in [-0.2, 0) is 0 Å². The number of rotatable bonds is 5. The van der Waals surface area contributed by atoms with Crippen LogP contribution < -0.4 is 10.6 Å². The Hall–Kier alpha value is -2.09. The van der Waals surface area contributed by atoms with Gasteiger partial charge in [0.15, 0.2) is 0 Å². The van der Waals surface area contributed by atoms with E-state index in [0.29, 0.717) is 11.4 Å². The molecule has 2 aromatic rings. The van der Waals surface area contributed by atoms with Gasteiger partial charge in [0.2, 0.25) is 5.95 Å². The molecule has 0 bridgehead atoms. The maximum absolute atomic E-state index is 12.2.